The Morgan fingerprint density at radius 2 is 1.89 bits per heavy atom. The molecule has 44 heavy (non-hydrogen) atoms. The van der Waals surface area contributed by atoms with Gasteiger partial charge in [-0.25, -0.2) is 23.0 Å². The zero-order valence-corrected chi connectivity index (χ0v) is 26.3. The average molecular weight is 638 g/mol. The highest BCUT2D eigenvalue weighted by Crippen LogP contribution is 2.45. The van der Waals surface area contributed by atoms with Crippen molar-refractivity contribution in [3.63, 3.8) is 0 Å². The Hall–Kier alpha value is -4.11. The number of carboxylic acid groups (broad SMARTS) is 1. The molecule has 2 aromatic carbocycles. The molecule has 2 aliphatic heterocycles. The smallest absolute Gasteiger partial charge is 0.412 e. The van der Waals surface area contributed by atoms with Crippen molar-refractivity contribution < 1.29 is 41.8 Å². The standard InChI is InChI=1S/C29H37FN4O8S.H3N/c1-6-18(2)14-32(28(38)42-29(3,4)5)15-20-12-21-22(34(20)27(36)37)13-23(41-17-19-10-8-7-9-11-19)26(25(21)30)33-16-24(35)31-43(33,39)40;/h7-11,13,18,20H,6,12,14-17H2,1-5H3,(H,31,35)(H,36,37);1H3/t18?,20-;/m1./s1. The second-order valence-electron chi connectivity index (χ2n) is 11.8. The van der Waals surface area contributed by atoms with E-state index in [1.54, 1.807) is 51.1 Å². The molecule has 3 amide bonds. The number of fused-ring (bicyclic) bond motifs is 1. The third kappa shape index (κ3) is 7.50. The van der Waals surface area contributed by atoms with E-state index in [0.29, 0.717) is 9.87 Å². The zero-order valence-electron chi connectivity index (χ0n) is 25.5. The van der Waals surface area contributed by atoms with Crippen LogP contribution in [0.4, 0.5) is 25.4 Å². The summed E-state index contributed by atoms with van der Waals surface area (Å²) in [5, 5.41) is 10.3. The van der Waals surface area contributed by atoms with Gasteiger partial charge in [-0.15, -0.1) is 0 Å². The summed E-state index contributed by atoms with van der Waals surface area (Å²) in [6, 6.07) is 9.20. The number of halogens is 1. The highest BCUT2D eigenvalue weighted by atomic mass is 32.2. The summed E-state index contributed by atoms with van der Waals surface area (Å²) in [6.07, 6.45) is -1.42. The van der Waals surface area contributed by atoms with Crippen LogP contribution in [0.2, 0.25) is 0 Å². The summed E-state index contributed by atoms with van der Waals surface area (Å²) in [4.78, 5) is 40.2. The lowest BCUT2D eigenvalue weighted by Crippen LogP contribution is -2.49. The molecule has 1 fully saturated rings. The Kier molecular flexibility index (Phi) is 10.4. The van der Waals surface area contributed by atoms with E-state index in [-0.39, 0.29) is 55.2 Å². The zero-order chi connectivity index (χ0) is 31.7. The summed E-state index contributed by atoms with van der Waals surface area (Å²) in [5.74, 6) is -2.06. The van der Waals surface area contributed by atoms with Gasteiger partial charge in [0.05, 0.1) is 11.7 Å². The van der Waals surface area contributed by atoms with Gasteiger partial charge in [0.2, 0.25) is 0 Å². The molecular formula is C29H40FN5O8S. The minimum Gasteiger partial charge on any atom is -0.487 e. The first-order chi connectivity index (χ1) is 20.1. The minimum absolute atomic E-state index is 0. The summed E-state index contributed by atoms with van der Waals surface area (Å²) >= 11 is 0. The normalized spacial score (nSPS) is 17.8. The van der Waals surface area contributed by atoms with E-state index >= 15 is 4.39 Å². The topological polar surface area (TPSA) is 181 Å². The lowest BCUT2D eigenvalue weighted by molar-refractivity contribution is -0.117. The number of benzene rings is 2. The minimum atomic E-state index is -4.43. The maximum absolute atomic E-state index is 16.4. The molecule has 0 spiro atoms. The average Bonchev–Trinajstić information content (AvgIpc) is 3.41. The van der Waals surface area contributed by atoms with E-state index in [1.165, 1.54) is 11.0 Å². The molecule has 242 valence electrons. The number of anilines is 2. The van der Waals surface area contributed by atoms with Crippen molar-refractivity contribution in [3.8, 4) is 5.75 Å². The summed E-state index contributed by atoms with van der Waals surface area (Å²) in [7, 11) is -4.43. The van der Waals surface area contributed by atoms with Crippen molar-refractivity contribution >= 4 is 39.7 Å². The lowest BCUT2D eigenvalue weighted by Gasteiger charge is -2.33. The summed E-state index contributed by atoms with van der Waals surface area (Å²) in [5.41, 5.74) is -0.710. The molecule has 0 aromatic heterocycles. The first-order valence-electron chi connectivity index (χ1n) is 14.0. The third-order valence-corrected chi connectivity index (χ3v) is 8.55. The van der Waals surface area contributed by atoms with Crippen LogP contribution in [0.15, 0.2) is 36.4 Å². The third-order valence-electron chi connectivity index (χ3n) is 7.17. The van der Waals surface area contributed by atoms with E-state index in [1.807, 2.05) is 18.6 Å². The molecule has 2 heterocycles. The molecule has 4 rings (SSSR count). The van der Waals surface area contributed by atoms with E-state index < -0.39 is 58.0 Å². The second-order valence-corrected chi connectivity index (χ2v) is 13.4. The Labute approximate surface area is 256 Å². The predicted molar refractivity (Wildman–Crippen MR) is 162 cm³/mol. The molecule has 1 saturated heterocycles. The summed E-state index contributed by atoms with van der Waals surface area (Å²) in [6.45, 7) is 8.51. The number of carbonyl (C=O) groups excluding carboxylic acids is 2. The molecule has 15 heteroatoms. The molecular weight excluding hydrogens is 597 g/mol. The van der Waals surface area contributed by atoms with Crippen LogP contribution in [0, 0.1) is 11.7 Å². The van der Waals surface area contributed by atoms with Crippen LogP contribution in [-0.2, 0) is 32.8 Å². The number of ether oxygens (including phenoxy) is 2. The van der Waals surface area contributed by atoms with Crippen LogP contribution < -0.4 is 24.8 Å². The van der Waals surface area contributed by atoms with Crippen molar-refractivity contribution in [2.75, 3.05) is 28.8 Å². The Balaban J connectivity index is 0.00000529. The number of hydrogen-bond donors (Lipinski definition) is 3. The second kappa shape index (κ2) is 13.3. The van der Waals surface area contributed by atoms with Gasteiger partial charge in [-0.3, -0.25) is 9.69 Å². The number of nitrogens with zero attached hydrogens (tertiary/aromatic N) is 3. The highest BCUT2D eigenvalue weighted by Gasteiger charge is 2.44. The fourth-order valence-electron chi connectivity index (χ4n) is 5.01. The van der Waals surface area contributed by atoms with Crippen LogP contribution >= 0.6 is 0 Å². The molecule has 2 atom stereocenters. The Morgan fingerprint density at radius 1 is 1.23 bits per heavy atom. The molecule has 5 N–H and O–H groups in total. The number of amides is 3. The van der Waals surface area contributed by atoms with E-state index in [4.69, 9.17) is 9.47 Å². The Bertz CT molecular complexity index is 1500. The molecule has 0 saturated carbocycles. The maximum atomic E-state index is 16.4. The number of carbonyl (C=O) groups is 3. The van der Waals surface area contributed by atoms with Gasteiger partial charge in [-0.05, 0) is 32.3 Å². The van der Waals surface area contributed by atoms with Crippen molar-refractivity contribution in [2.45, 2.75) is 65.7 Å². The van der Waals surface area contributed by atoms with Crippen molar-refractivity contribution in [1.82, 2.24) is 15.8 Å². The van der Waals surface area contributed by atoms with Gasteiger partial charge >= 0.3 is 22.4 Å². The van der Waals surface area contributed by atoms with Crippen LogP contribution in [0.3, 0.4) is 0 Å². The van der Waals surface area contributed by atoms with Crippen LogP contribution in [0.5, 0.6) is 5.75 Å². The largest absolute Gasteiger partial charge is 0.487 e. The van der Waals surface area contributed by atoms with Crippen LogP contribution in [-0.4, -0.2) is 67.8 Å². The van der Waals surface area contributed by atoms with E-state index in [2.05, 4.69) is 0 Å². The van der Waals surface area contributed by atoms with E-state index in [9.17, 15) is 27.9 Å². The fourth-order valence-corrected chi connectivity index (χ4v) is 6.17. The van der Waals surface area contributed by atoms with Crippen molar-refractivity contribution in [2.24, 2.45) is 5.92 Å². The molecule has 13 nitrogen and oxygen atoms in total. The van der Waals surface area contributed by atoms with Crippen LogP contribution in [0.1, 0.15) is 52.2 Å². The molecule has 2 aliphatic rings. The SMILES string of the molecule is CCC(C)CN(C[C@H]1Cc2c(cc(OCc3ccccc3)c(N3CC(=O)NS3(=O)=O)c2F)N1C(=O)O)C(=O)OC(C)(C)C.N. The van der Waals surface area contributed by atoms with Gasteiger partial charge in [0.25, 0.3) is 5.91 Å². The molecule has 1 unspecified atom stereocenters. The van der Waals surface area contributed by atoms with Crippen LogP contribution in [0.25, 0.3) is 0 Å². The van der Waals surface area contributed by atoms with Gasteiger partial charge in [-0.2, -0.15) is 8.42 Å². The van der Waals surface area contributed by atoms with Crippen molar-refractivity contribution in [3.05, 3.63) is 53.3 Å². The highest BCUT2D eigenvalue weighted by molar-refractivity contribution is 7.92. The van der Waals surface area contributed by atoms with Gasteiger partial charge in [0.15, 0.2) is 5.82 Å². The first kappa shape index (κ1) is 34.4. The number of nitrogens with one attached hydrogen (secondary N) is 1. The van der Waals surface area contributed by atoms with Gasteiger partial charge in [0.1, 0.15) is 30.2 Å². The maximum Gasteiger partial charge on any atom is 0.412 e. The number of hydrogen-bond acceptors (Lipinski definition) is 8. The fraction of sp³-hybridized carbons (Fsp3) is 0.483. The molecule has 0 bridgehead atoms. The van der Waals surface area contributed by atoms with Gasteiger partial charge < -0.3 is 25.6 Å². The molecule has 0 aliphatic carbocycles. The summed E-state index contributed by atoms with van der Waals surface area (Å²) < 4.78 is 55.8. The lowest BCUT2D eigenvalue weighted by atomic mass is 10.1. The number of rotatable bonds is 9. The predicted octanol–water partition coefficient (Wildman–Crippen LogP) is 4.44. The van der Waals surface area contributed by atoms with Crippen molar-refractivity contribution in [1.29, 1.82) is 0 Å². The van der Waals surface area contributed by atoms with E-state index in [0.717, 1.165) is 11.3 Å². The quantitative estimate of drug-likeness (QED) is 0.358. The monoisotopic (exact) mass is 637 g/mol. The van der Waals surface area contributed by atoms with Gasteiger partial charge in [-0.1, -0.05) is 50.6 Å². The van der Waals surface area contributed by atoms with Gasteiger partial charge in [0, 0.05) is 31.1 Å². The first-order valence-corrected chi connectivity index (χ1v) is 15.4. The molecule has 0 radical (unpaired) electrons. The molecule has 2 aromatic rings. The Morgan fingerprint density at radius 3 is 2.43 bits per heavy atom.